The van der Waals surface area contributed by atoms with Gasteiger partial charge in [-0.25, -0.2) is 4.79 Å². The molecule has 5 nitrogen and oxygen atoms in total. The van der Waals surface area contributed by atoms with Gasteiger partial charge in [0, 0.05) is 22.6 Å². The molecule has 0 amide bonds. The van der Waals surface area contributed by atoms with Crippen LogP contribution < -0.4 is 10.6 Å². The Kier molecular flexibility index (Phi) is 11.7. The van der Waals surface area contributed by atoms with Crippen molar-refractivity contribution in [2.75, 3.05) is 0 Å². The number of hydrogen-bond acceptors (Lipinski definition) is 5. The van der Waals surface area contributed by atoms with Crippen molar-refractivity contribution in [1.82, 2.24) is 0 Å². The van der Waals surface area contributed by atoms with E-state index in [-0.39, 0.29) is 17.4 Å². The molecule has 4 rings (SSSR count). The molecule has 0 N–H and O–H groups in total. The Labute approximate surface area is 262 Å². The molecule has 3 aromatic carbocycles. The molecule has 0 bridgehead atoms. The summed E-state index contributed by atoms with van der Waals surface area (Å²) in [7, 11) is -3.51. The highest BCUT2D eigenvalue weighted by molar-refractivity contribution is 7.74. The molecule has 44 heavy (non-hydrogen) atoms. The fraction of sp³-hybridized carbons (Fsp3) is 0.368. The first-order valence-corrected chi connectivity index (χ1v) is 17.2. The molecule has 0 radical (unpaired) electrons. The van der Waals surface area contributed by atoms with Crippen LogP contribution in [0.2, 0.25) is 0 Å². The van der Waals surface area contributed by atoms with Gasteiger partial charge in [-0.3, -0.25) is 9.36 Å². The zero-order valence-corrected chi connectivity index (χ0v) is 27.2. The van der Waals surface area contributed by atoms with Crippen molar-refractivity contribution in [2.24, 2.45) is 11.8 Å². The van der Waals surface area contributed by atoms with Crippen LogP contribution >= 0.6 is 7.37 Å². The van der Waals surface area contributed by atoms with E-state index >= 15 is 0 Å². The average molecular weight is 613 g/mol. The quantitative estimate of drug-likeness (QED) is 0.0844. The van der Waals surface area contributed by atoms with Crippen LogP contribution in [-0.2, 0) is 28.8 Å². The second kappa shape index (κ2) is 15.5. The van der Waals surface area contributed by atoms with E-state index in [2.05, 4.69) is 45.0 Å². The number of ether oxygens (including phenoxy) is 1. The number of carbonyl (C=O) groups excluding carboxylic acids is 2. The highest BCUT2D eigenvalue weighted by atomic mass is 31.2. The summed E-state index contributed by atoms with van der Waals surface area (Å²) in [5.74, 6) is 0.213. The van der Waals surface area contributed by atoms with Gasteiger partial charge in [0.2, 0.25) is 0 Å². The Bertz CT molecular complexity index is 1420. The number of benzene rings is 3. The van der Waals surface area contributed by atoms with Crippen molar-refractivity contribution in [1.29, 1.82) is 0 Å². The molecule has 0 aliphatic heterocycles. The minimum absolute atomic E-state index is 0.164. The van der Waals surface area contributed by atoms with Crippen molar-refractivity contribution in [2.45, 2.75) is 77.4 Å². The fourth-order valence-electron chi connectivity index (χ4n) is 6.16. The van der Waals surface area contributed by atoms with Crippen LogP contribution in [0.3, 0.4) is 0 Å². The maximum Gasteiger partial charge on any atom is 0.330 e. The molecule has 1 aliphatic carbocycles. The van der Waals surface area contributed by atoms with Crippen LogP contribution in [0.1, 0.15) is 65.4 Å². The Balaban J connectivity index is 1.58. The van der Waals surface area contributed by atoms with Crippen LogP contribution in [0, 0.1) is 11.8 Å². The Morgan fingerprint density at radius 1 is 0.932 bits per heavy atom. The van der Waals surface area contributed by atoms with E-state index in [4.69, 9.17) is 9.26 Å². The van der Waals surface area contributed by atoms with Crippen LogP contribution in [0.15, 0.2) is 115 Å². The van der Waals surface area contributed by atoms with E-state index in [0.29, 0.717) is 34.9 Å². The molecule has 0 heterocycles. The molecule has 1 aliphatic rings. The second-order valence-corrected chi connectivity index (χ2v) is 14.8. The summed E-state index contributed by atoms with van der Waals surface area (Å²) < 4.78 is 27.3. The number of hydrogen-bond donors (Lipinski definition) is 0. The van der Waals surface area contributed by atoms with Gasteiger partial charge in [0.1, 0.15) is 12.4 Å². The predicted octanol–water partition coefficient (Wildman–Crippen LogP) is 8.11. The Hall–Kier alpha value is -3.53. The fourth-order valence-corrected chi connectivity index (χ4v) is 8.39. The molecule has 0 saturated heterocycles. The summed E-state index contributed by atoms with van der Waals surface area (Å²) in [4.78, 5) is 24.5. The van der Waals surface area contributed by atoms with Gasteiger partial charge >= 0.3 is 5.97 Å². The largest absolute Gasteiger partial charge is 0.459 e. The Morgan fingerprint density at radius 2 is 1.50 bits per heavy atom. The minimum Gasteiger partial charge on any atom is -0.459 e. The molecule has 1 saturated carbocycles. The summed E-state index contributed by atoms with van der Waals surface area (Å²) >= 11 is 0. The van der Waals surface area contributed by atoms with Gasteiger partial charge in [0.05, 0.1) is 6.10 Å². The number of rotatable bonds is 13. The lowest BCUT2D eigenvalue weighted by Gasteiger charge is -2.43. The predicted molar refractivity (Wildman–Crippen MR) is 179 cm³/mol. The van der Waals surface area contributed by atoms with Gasteiger partial charge in [-0.1, -0.05) is 100.0 Å². The number of esters is 1. The SMILES string of the molecule is C/C(C=O)=C\CC[C@@H](/C=C\C(=O)O[C@@H]1C[C@H](C)CC[C@H]1C(C)(C)c1ccccc1)OP(=O)(c1ccccc1)c1ccccc1. The van der Waals surface area contributed by atoms with E-state index in [1.54, 1.807) is 37.3 Å². The van der Waals surface area contributed by atoms with Crippen molar-refractivity contribution in [3.63, 3.8) is 0 Å². The van der Waals surface area contributed by atoms with Gasteiger partial charge in [0.15, 0.2) is 0 Å². The van der Waals surface area contributed by atoms with Gasteiger partial charge in [-0.15, -0.1) is 0 Å². The second-order valence-electron chi connectivity index (χ2n) is 12.5. The molecule has 0 spiro atoms. The van der Waals surface area contributed by atoms with Crippen molar-refractivity contribution in [3.05, 3.63) is 120 Å². The smallest absolute Gasteiger partial charge is 0.330 e. The third-order valence-corrected chi connectivity index (χ3v) is 11.3. The first kappa shape index (κ1) is 33.4. The summed E-state index contributed by atoms with van der Waals surface area (Å²) in [6.07, 6.45) is 8.68. The summed E-state index contributed by atoms with van der Waals surface area (Å²) in [6.45, 7) is 8.44. The van der Waals surface area contributed by atoms with Crippen LogP contribution in [0.25, 0.3) is 0 Å². The molecule has 0 aromatic heterocycles. The van der Waals surface area contributed by atoms with Crippen molar-refractivity contribution in [3.8, 4) is 0 Å². The molecule has 232 valence electrons. The van der Waals surface area contributed by atoms with Crippen LogP contribution in [0.5, 0.6) is 0 Å². The molecule has 4 atom stereocenters. The van der Waals surface area contributed by atoms with Gasteiger partial charge in [-0.05, 0) is 85.4 Å². The summed E-state index contributed by atoms with van der Waals surface area (Å²) in [6, 6.07) is 28.8. The number of allylic oxidation sites excluding steroid dienone is 2. The van der Waals surface area contributed by atoms with Crippen LogP contribution in [0.4, 0.5) is 0 Å². The Morgan fingerprint density at radius 3 is 2.07 bits per heavy atom. The van der Waals surface area contributed by atoms with E-state index in [9.17, 15) is 14.2 Å². The zero-order valence-electron chi connectivity index (χ0n) is 26.3. The lowest BCUT2D eigenvalue weighted by atomic mass is 9.64. The lowest BCUT2D eigenvalue weighted by Crippen LogP contribution is -2.43. The molecule has 6 heteroatoms. The van der Waals surface area contributed by atoms with E-state index < -0.39 is 19.4 Å². The third kappa shape index (κ3) is 8.55. The van der Waals surface area contributed by atoms with Crippen molar-refractivity contribution < 1.29 is 23.4 Å². The average Bonchev–Trinajstić information content (AvgIpc) is 3.04. The summed E-state index contributed by atoms with van der Waals surface area (Å²) in [5, 5.41) is 1.16. The first-order valence-electron chi connectivity index (χ1n) is 15.6. The zero-order chi connectivity index (χ0) is 31.6. The topological polar surface area (TPSA) is 69.7 Å². The molecular weight excluding hydrogens is 567 g/mol. The molecule has 1 fully saturated rings. The molecular formula is C38H45O5P. The lowest BCUT2D eigenvalue weighted by molar-refractivity contribution is -0.150. The highest BCUT2D eigenvalue weighted by Gasteiger charge is 2.42. The minimum atomic E-state index is -3.51. The van der Waals surface area contributed by atoms with Crippen molar-refractivity contribution >= 4 is 30.2 Å². The maximum atomic E-state index is 14.6. The van der Waals surface area contributed by atoms with Gasteiger partial charge in [-0.2, -0.15) is 0 Å². The van der Waals surface area contributed by atoms with E-state index in [1.165, 1.54) is 11.6 Å². The monoisotopic (exact) mass is 612 g/mol. The standard InChI is InChI=1S/C38H45O5P/c1-29-23-25-35(38(3,4)31-16-8-5-9-17-31)36(27-29)42-37(40)26-24-32(18-14-15-30(2)28-39)43-44(41,33-19-10-6-11-20-33)34-21-12-7-13-22-34/h5-13,15-17,19-22,24,26,28-29,32,35-36H,14,18,23,25,27H2,1-4H3/b26-24-,30-15+/t29-,32+,35-,36-/m1/s1. The maximum absolute atomic E-state index is 14.6. The number of aldehydes is 1. The van der Waals surface area contributed by atoms with E-state index in [0.717, 1.165) is 25.5 Å². The third-order valence-electron chi connectivity index (χ3n) is 8.79. The van der Waals surface area contributed by atoms with Gasteiger partial charge < -0.3 is 9.26 Å². The molecule has 0 unspecified atom stereocenters. The van der Waals surface area contributed by atoms with E-state index in [1.807, 2.05) is 48.5 Å². The highest BCUT2D eigenvalue weighted by Crippen LogP contribution is 2.47. The first-order chi connectivity index (χ1) is 21.1. The van der Waals surface area contributed by atoms with Gasteiger partial charge in [0.25, 0.3) is 7.37 Å². The normalized spacial score (nSPS) is 20.3. The molecule has 3 aromatic rings. The van der Waals surface area contributed by atoms with Crippen LogP contribution in [-0.4, -0.2) is 24.5 Å². The summed E-state index contributed by atoms with van der Waals surface area (Å²) in [5.41, 5.74) is 1.68. The number of carbonyl (C=O) groups is 2.